The zero-order chi connectivity index (χ0) is 43.5. The number of aliphatic hydroxyl groups is 1. The van der Waals surface area contributed by atoms with Gasteiger partial charge in [-0.05, 0) is 96.8 Å². The first-order valence-corrected chi connectivity index (χ1v) is 21.4. The number of fused-ring (bicyclic) bond motifs is 4. The number of hydrogen-bond acceptors (Lipinski definition) is 15. The number of likely N-dealkylation sites (N-methyl/N-ethyl adjacent to an activating group) is 1. The predicted octanol–water partition coefficient (Wildman–Crippen LogP) is 4.23. The number of amides is 1. The summed E-state index contributed by atoms with van der Waals surface area (Å²) in [5.41, 5.74) is -1.09. The van der Waals surface area contributed by atoms with Crippen LogP contribution in [0.5, 0.6) is 0 Å². The van der Waals surface area contributed by atoms with Crippen molar-refractivity contribution in [2.75, 3.05) is 33.9 Å². The van der Waals surface area contributed by atoms with Gasteiger partial charge in [-0.2, -0.15) is 4.80 Å². The lowest BCUT2D eigenvalue weighted by atomic mass is 9.74. The predicted molar refractivity (Wildman–Crippen MR) is 218 cm³/mol. The van der Waals surface area contributed by atoms with Crippen LogP contribution < -0.4 is 0 Å². The summed E-state index contributed by atoms with van der Waals surface area (Å²) in [6, 6.07) is 2.67. The van der Waals surface area contributed by atoms with Crippen molar-refractivity contribution in [1.29, 1.82) is 0 Å². The van der Waals surface area contributed by atoms with E-state index in [9.17, 15) is 19.5 Å². The van der Waals surface area contributed by atoms with Crippen molar-refractivity contribution in [1.82, 2.24) is 35.0 Å². The number of carbonyl (C=O) groups excluding carboxylic acids is 3. The first kappa shape index (κ1) is 45.7. The standard InChI is InChI=1S/C43H65N7O10/c1-11-33-43(8)37(49(41(54)60-43)17-12-13-18-50-46-38(45-47-50)30-15-14-16-44-22-30)29(6)35(51)26(3)21-42(7)34(59-40-36(52)31(48(9)10)19-27(4)57-40)20-32(28(5)39(53)58-33)55-23-25(2)24-56-42/h14-16,22,26-29,31-34,36-37,40,52H,2,11-13,17-21,23-24H2,1,3-10H3/t26-,27-,28-,29+,31+,32-,33-,34-,36-,37?,40?,42+,43?/m1/s1. The van der Waals surface area contributed by atoms with Crippen molar-refractivity contribution in [2.45, 2.75) is 154 Å². The van der Waals surface area contributed by atoms with Gasteiger partial charge in [0.25, 0.3) is 0 Å². The number of hydrogen-bond donors (Lipinski definition) is 1. The first-order valence-electron chi connectivity index (χ1n) is 21.4. The fraction of sp³-hybridized carbons (Fsp3) is 0.744. The molecule has 6 heterocycles. The quantitative estimate of drug-likeness (QED) is 0.203. The van der Waals surface area contributed by atoms with Gasteiger partial charge in [0, 0.05) is 48.8 Å². The highest BCUT2D eigenvalue weighted by Gasteiger charge is 2.60. The zero-order valence-corrected chi connectivity index (χ0v) is 36.7. The van der Waals surface area contributed by atoms with Crippen LogP contribution in [-0.4, -0.2) is 152 Å². The molecule has 2 bridgehead atoms. The van der Waals surface area contributed by atoms with Gasteiger partial charge in [-0.15, -0.1) is 10.2 Å². The lowest BCUT2D eigenvalue weighted by molar-refractivity contribution is -0.294. The number of cyclic esters (lactones) is 1. The fourth-order valence-corrected chi connectivity index (χ4v) is 9.49. The van der Waals surface area contributed by atoms with Gasteiger partial charge in [0.1, 0.15) is 18.0 Å². The normalized spacial score (nSPS) is 37.2. The molecule has 0 aliphatic carbocycles. The second-order valence-electron chi connectivity index (χ2n) is 17.9. The van der Waals surface area contributed by atoms with Crippen LogP contribution in [0.15, 0.2) is 36.7 Å². The van der Waals surface area contributed by atoms with Gasteiger partial charge >= 0.3 is 12.1 Å². The van der Waals surface area contributed by atoms with E-state index in [4.69, 9.17) is 28.4 Å². The number of carbonyl (C=O) groups is 3. The number of unbranched alkanes of at least 4 members (excludes halogenated alkanes) is 1. The maximum absolute atomic E-state index is 14.9. The van der Waals surface area contributed by atoms with Gasteiger partial charge in [0.05, 0.1) is 55.6 Å². The van der Waals surface area contributed by atoms with Crippen molar-refractivity contribution >= 4 is 17.8 Å². The lowest BCUT2D eigenvalue weighted by Gasteiger charge is -2.46. The monoisotopic (exact) mass is 839 g/mol. The summed E-state index contributed by atoms with van der Waals surface area (Å²) >= 11 is 0. The van der Waals surface area contributed by atoms with Gasteiger partial charge < -0.3 is 43.3 Å². The highest BCUT2D eigenvalue weighted by atomic mass is 16.7. The fourth-order valence-electron chi connectivity index (χ4n) is 9.49. The number of aromatic nitrogens is 5. The number of Topliss-reactive ketones (excluding diaryl/α,β-unsaturated/α-hetero) is 1. The largest absolute Gasteiger partial charge is 0.458 e. The van der Waals surface area contributed by atoms with Gasteiger partial charge in [-0.3, -0.25) is 14.6 Å². The molecular weight excluding hydrogens is 775 g/mol. The van der Waals surface area contributed by atoms with Crippen LogP contribution in [0.2, 0.25) is 0 Å². The van der Waals surface area contributed by atoms with Gasteiger partial charge in [0.2, 0.25) is 5.82 Å². The Morgan fingerprint density at radius 1 is 1.05 bits per heavy atom. The Balaban J connectivity index is 1.29. The molecule has 0 spiro atoms. The van der Waals surface area contributed by atoms with E-state index in [0.29, 0.717) is 43.6 Å². The van der Waals surface area contributed by atoms with E-state index in [0.717, 1.165) is 5.56 Å². The van der Waals surface area contributed by atoms with E-state index in [2.05, 4.69) is 27.0 Å². The number of tetrazole rings is 1. The van der Waals surface area contributed by atoms with E-state index >= 15 is 0 Å². The molecule has 13 atom stereocenters. The SMILES string of the molecule is C=C1CO[C@@H]2C[C@@H](OC3O[C@H](C)C[C@H](N(C)C)[C@H]3O)[C@](C)(C[C@@H](C)C(=O)[C@H](C)C3N(CCCCn4nnc(-c5cccnc5)n4)C(=O)OC3(C)[C@@H](CC)OC(=O)[C@@H]2C)OC1. The molecule has 4 aliphatic heterocycles. The molecule has 17 heteroatoms. The molecule has 60 heavy (non-hydrogen) atoms. The van der Waals surface area contributed by atoms with E-state index < -0.39 is 77.8 Å². The Labute approximate surface area is 353 Å². The summed E-state index contributed by atoms with van der Waals surface area (Å²) in [5, 5.41) is 24.4. The maximum atomic E-state index is 14.9. The lowest BCUT2D eigenvalue weighted by Crippen LogP contribution is -2.59. The third-order valence-corrected chi connectivity index (χ3v) is 13.0. The molecule has 4 aliphatic rings. The third-order valence-electron chi connectivity index (χ3n) is 13.0. The molecule has 2 aromatic rings. The van der Waals surface area contributed by atoms with Crippen molar-refractivity contribution in [3.05, 3.63) is 36.7 Å². The van der Waals surface area contributed by atoms with Crippen LogP contribution in [0.25, 0.3) is 11.4 Å². The number of rotatable bonds is 10. The van der Waals surface area contributed by atoms with Crippen molar-refractivity contribution in [3.63, 3.8) is 0 Å². The molecular formula is C43H65N7O10. The van der Waals surface area contributed by atoms with Crippen molar-refractivity contribution < 1.29 is 47.9 Å². The van der Waals surface area contributed by atoms with E-state index in [1.807, 2.05) is 59.7 Å². The van der Waals surface area contributed by atoms with E-state index in [-0.39, 0.29) is 50.5 Å². The Morgan fingerprint density at radius 2 is 1.80 bits per heavy atom. The molecule has 332 valence electrons. The second kappa shape index (κ2) is 19.0. The summed E-state index contributed by atoms with van der Waals surface area (Å²) < 4.78 is 38.7. The summed E-state index contributed by atoms with van der Waals surface area (Å²) in [4.78, 5) is 52.3. The van der Waals surface area contributed by atoms with Gasteiger partial charge in [-0.1, -0.05) is 27.4 Å². The number of pyridine rings is 1. The van der Waals surface area contributed by atoms with Crippen LogP contribution in [0.3, 0.4) is 0 Å². The van der Waals surface area contributed by atoms with Gasteiger partial charge in [-0.25, -0.2) is 4.79 Å². The molecule has 4 saturated heterocycles. The van der Waals surface area contributed by atoms with Crippen molar-refractivity contribution in [3.8, 4) is 11.4 Å². The smallest absolute Gasteiger partial charge is 0.410 e. The molecule has 2 aromatic heterocycles. The Kier molecular flexibility index (Phi) is 14.5. The number of ketones is 1. The molecule has 0 saturated carbocycles. The highest BCUT2D eigenvalue weighted by molar-refractivity contribution is 5.85. The number of aliphatic hydroxyl groups excluding tert-OH is 1. The Morgan fingerprint density at radius 3 is 2.50 bits per heavy atom. The van der Waals surface area contributed by atoms with Crippen LogP contribution in [0.4, 0.5) is 4.79 Å². The van der Waals surface area contributed by atoms with Crippen LogP contribution in [0.1, 0.15) is 87.0 Å². The first-order chi connectivity index (χ1) is 28.4. The van der Waals surface area contributed by atoms with Crippen LogP contribution in [-0.2, 0) is 44.6 Å². The molecule has 3 unspecified atom stereocenters. The molecule has 0 aromatic carbocycles. The Bertz CT molecular complexity index is 1810. The molecule has 4 fully saturated rings. The Hall–Kier alpha value is -3.87. The number of ether oxygens (including phenoxy) is 6. The molecule has 1 N–H and O–H groups in total. The van der Waals surface area contributed by atoms with Crippen LogP contribution >= 0.6 is 0 Å². The molecule has 6 rings (SSSR count). The van der Waals surface area contributed by atoms with E-state index in [1.165, 1.54) is 4.80 Å². The topological polar surface area (TPSA) is 190 Å². The van der Waals surface area contributed by atoms with Gasteiger partial charge in [0.15, 0.2) is 11.9 Å². The molecule has 0 radical (unpaired) electrons. The van der Waals surface area contributed by atoms with Crippen molar-refractivity contribution in [2.24, 2.45) is 17.8 Å². The average Bonchev–Trinajstić information content (AvgIpc) is 3.80. The molecule has 1 amide bonds. The highest BCUT2D eigenvalue weighted by Crippen LogP contribution is 2.43. The number of esters is 1. The third kappa shape index (κ3) is 9.76. The second-order valence-corrected chi connectivity index (χ2v) is 17.9. The average molecular weight is 840 g/mol. The summed E-state index contributed by atoms with van der Waals surface area (Å²) in [6.45, 7) is 18.1. The number of aryl methyl sites for hydroxylation is 1. The minimum absolute atomic E-state index is 0.110. The minimum Gasteiger partial charge on any atom is -0.458 e. The van der Waals surface area contributed by atoms with Crippen LogP contribution in [0, 0.1) is 17.8 Å². The summed E-state index contributed by atoms with van der Waals surface area (Å²) in [5.74, 6) is -2.32. The minimum atomic E-state index is -1.36. The maximum Gasteiger partial charge on any atom is 0.410 e. The zero-order valence-electron chi connectivity index (χ0n) is 36.7. The summed E-state index contributed by atoms with van der Waals surface area (Å²) in [6.07, 6.45) is 0.607. The molecule has 17 nitrogen and oxygen atoms in total. The summed E-state index contributed by atoms with van der Waals surface area (Å²) in [7, 11) is 3.82. The number of nitrogens with zero attached hydrogens (tertiary/aromatic N) is 7. The van der Waals surface area contributed by atoms with E-state index in [1.54, 1.807) is 37.2 Å².